The molecule has 3 aromatic carbocycles. The van der Waals surface area contributed by atoms with Crippen LogP contribution in [0.1, 0.15) is 16.7 Å². The summed E-state index contributed by atoms with van der Waals surface area (Å²) in [5.74, 6) is 0.658. The van der Waals surface area contributed by atoms with E-state index < -0.39 is 5.91 Å². The first-order valence-corrected chi connectivity index (χ1v) is 10.5. The van der Waals surface area contributed by atoms with Gasteiger partial charge in [-0.2, -0.15) is 5.26 Å². The summed E-state index contributed by atoms with van der Waals surface area (Å²) < 4.78 is 11.3. The maximum Gasteiger partial charge on any atom is 0.261 e. The molecule has 1 N–H and O–H groups in total. The Kier molecular flexibility index (Phi) is 8.30. The highest BCUT2D eigenvalue weighted by atomic mass is 35.5. The summed E-state index contributed by atoms with van der Waals surface area (Å²) in [6.45, 7) is 0.804. The number of hydrogen-bond donors (Lipinski definition) is 1. The molecule has 0 aliphatic heterocycles. The van der Waals surface area contributed by atoms with E-state index in [9.17, 15) is 10.1 Å². The van der Waals surface area contributed by atoms with E-state index in [0.717, 1.165) is 11.1 Å². The van der Waals surface area contributed by atoms with E-state index in [2.05, 4.69) is 5.32 Å². The minimum absolute atomic E-state index is 0.0231. The summed E-state index contributed by atoms with van der Waals surface area (Å²) in [6, 6.07) is 24.5. The lowest BCUT2D eigenvalue weighted by Gasteiger charge is -2.12. The molecule has 0 radical (unpaired) electrons. The van der Waals surface area contributed by atoms with Crippen molar-refractivity contribution in [3.63, 3.8) is 0 Å². The molecule has 0 aliphatic rings. The number of nitriles is 1. The second kappa shape index (κ2) is 11.6. The van der Waals surface area contributed by atoms with Crippen LogP contribution >= 0.6 is 11.6 Å². The molecule has 5 nitrogen and oxygen atoms in total. The van der Waals surface area contributed by atoms with Crippen LogP contribution in [0, 0.1) is 11.3 Å². The molecule has 0 fully saturated rings. The number of carbonyl (C=O) groups is 1. The van der Waals surface area contributed by atoms with Crippen molar-refractivity contribution in [3.8, 4) is 17.6 Å². The molecule has 1 amide bonds. The first-order valence-electron chi connectivity index (χ1n) is 10.1. The predicted octanol–water partition coefficient (Wildman–Crippen LogP) is 5.19. The van der Waals surface area contributed by atoms with E-state index >= 15 is 0 Å². The third kappa shape index (κ3) is 6.63. The third-order valence-corrected chi connectivity index (χ3v) is 4.97. The molecule has 3 rings (SSSR count). The highest BCUT2D eigenvalue weighted by molar-refractivity contribution is 6.30. The highest BCUT2D eigenvalue weighted by Gasteiger charge is 2.11. The van der Waals surface area contributed by atoms with Crippen molar-refractivity contribution in [2.45, 2.75) is 13.0 Å². The number of methoxy groups -OCH3 is 1. The van der Waals surface area contributed by atoms with Gasteiger partial charge in [0.05, 0.1) is 7.11 Å². The molecule has 0 bridgehead atoms. The molecular weight excluding hydrogens is 424 g/mol. The number of halogens is 1. The summed E-state index contributed by atoms with van der Waals surface area (Å²) in [5.41, 5.74) is 2.78. The van der Waals surface area contributed by atoms with Gasteiger partial charge >= 0.3 is 0 Å². The van der Waals surface area contributed by atoms with Crippen LogP contribution in [0.25, 0.3) is 6.08 Å². The molecule has 0 spiro atoms. The molecule has 0 heterocycles. The van der Waals surface area contributed by atoms with Gasteiger partial charge in [0, 0.05) is 11.6 Å². The van der Waals surface area contributed by atoms with Crippen LogP contribution in [0.15, 0.2) is 78.4 Å². The molecule has 6 heteroatoms. The predicted molar refractivity (Wildman–Crippen MR) is 126 cm³/mol. The smallest absolute Gasteiger partial charge is 0.261 e. The monoisotopic (exact) mass is 446 g/mol. The molecule has 0 saturated heterocycles. The maximum atomic E-state index is 12.4. The Morgan fingerprint density at radius 2 is 1.78 bits per heavy atom. The van der Waals surface area contributed by atoms with Crippen molar-refractivity contribution in [2.24, 2.45) is 0 Å². The lowest BCUT2D eigenvalue weighted by Crippen LogP contribution is -2.26. The molecule has 0 aliphatic carbocycles. The molecule has 0 atom stereocenters. The van der Waals surface area contributed by atoms with E-state index in [1.165, 1.54) is 6.08 Å². The first-order chi connectivity index (χ1) is 15.6. The topological polar surface area (TPSA) is 71.3 Å². The van der Waals surface area contributed by atoms with E-state index in [0.29, 0.717) is 41.7 Å². The normalized spacial score (nSPS) is 10.8. The van der Waals surface area contributed by atoms with Crippen LogP contribution in [-0.4, -0.2) is 19.6 Å². The van der Waals surface area contributed by atoms with Gasteiger partial charge in [-0.3, -0.25) is 4.79 Å². The summed E-state index contributed by atoms with van der Waals surface area (Å²) in [7, 11) is 1.54. The van der Waals surface area contributed by atoms with E-state index in [1.807, 2.05) is 48.5 Å². The van der Waals surface area contributed by atoms with Crippen LogP contribution in [-0.2, 0) is 17.8 Å². The fourth-order valence-corrected chi connectivity index (χ4v) is 3.14. The van der Waals surface area contributed by atoms with Crippen molar-refractivity contribution in [1.29, 1.82) is 5.26 Å². The van der Waals surface area contributed by atoms with Crippen molar-refractivity contribution in [2.75, 3.05) is 13.7 Å². The first kappa shape index (κ1) is 22.9. The summed E-state index contributed by atoms with van der Waals surface area (Å²) in [5, 5.41) is 12.9. The van der Waals surface area contributed by atoms with Crippen molar-refractivity contribution >= 4 is 23.6 Å². The fraction of sp³-hybridized carbons (Fsp3) is 0.154. The summed E-state index contributed by atoms with van der Waals surface area (Å²) in [4.78, 5) is 12.4. The van der Waals surface area contributed by atoms with Gasteiger partial charge in [0.15, 0.2) is 11.5 Å². The average molecular weight is 447 g/mol. The zero-order chi connectivity index (χ0) is 22.8. The number of amides is 1. The lowest BCUT2D eigenvalue weighted by molar-refractivity contribution is -0.117. The van der Waals surface area contributed by atoms with Crippen LogP contribution in [0.3, 0.4) is 0 Å². The van der Waals surface area contributed by atoms with Crippen molar-refractivity contribution in [3.05, 3.63) is 100 Å². The Balaban J connectivity index is 1.64. The third-order valence-electron chi connectivity index (χ3n) is 4.71. The summed E-state index contributed by atoms with van der Waals surface area (Å²) in [6.07, 6.45) is 2.22. The van der Waals surface area contributed by atoms with E-state index in [4.69, 9.17) is 21.1 Å². The number of rotatable bonds is 9. The Morgan fingerprint density at radius 3 is 2.47 bits per heavy atom. The number of benzene rings is 3. The molecule has 0 saturated carbocycles. The average Bonchev–Trinajstić information content (AvgIpc) is 2.83. The SMILES string of the molecule is COc1cc(/C=C(/C#N)C(=O)NCCc2ccccc2)ccc1OCc1ccc(Cl)cc1. The van der Waals surface area contributed by atoms with E-state index in [1.54, 1.807) is 37.4 Å². The molecule has 32 heavy (non-hydrogen) atoms. The second-order valence-electron chi connectivity index (χ2n) is 6.99. The number of nitrogens with zero attached hydrogens (tertiary/aromatic N) is 1. The second-order valence-corrected chi connectivity index (χ2v) is 7.42. The van der Waals surface area contributed by atoms with Crippen LogP contribution in [0.4, 0.5) is 0 Å². The Labute approximate surface area is 192 Å². The molecule has 3 aromatic rings. The minimum atomic E-state index is -0.412. The van der Waals surface area contributed by atoms with Gasteiger partial charge in [-0.05, 0) is 53.5 Å². The lowest BCUT2D eigenvalue weighted by atomic mass is 10.1. The summed E-state index contributed by atoms with van der Waals surface area (Å²) >= 11 is 5.91. The van der Waals surface area contributed by atoms with Crippen molar-refractivity contribution < 1.29 is 14.3 Å². The Hall–Kier alpha value is -3.75. The quantitative estimate of drug-likeness (QED) is 0.362. The Morgan fingerprint density at radius 1 is 1.03 bits per heavy atom. The number of hydrogen-bond acceptors (Lipinski definition) is 4. The van der Waals surface area contributed by atoms with Crippen LogP contribution in [0.5, 0.6) is 11.5 Å². The maximum absolute atomic E-state index is 12.4. The van der Waals surface area contributed by atoms with Crippen LogP contribution in [0.2, 0.25) is 5.02 Å². The number of nitrogens with one attached hydrogen (secondary N) is 1. The van der Waals surface area contributed by atoms with Gasteiger partial charge in [-0.15, -0.1) is 0 Å². The largest absolute Gasteiger partial charge is 0.493 e. The van der Waals surface area contributed by atoms with Gasteiger partial charge in [0.25, 0.3) is 5.91 Å². The van der Waals surface area contributed by atoms with Gasteiger partial charge in [0.2, 0.25) is 0 Å². The molecular formula is C26H23ClN2O3. The highest BCUT2D eigenvalue weighted by Crippen LogP contribution is 2.29. The zero-order valence-corrected chi connectivity index (χ0v) is 18.4. The Bertz CT molecular complexity index is 1120. The zero-order valence-electron chi connectivity index (χ0n) is 17.7. The standard InChI is InChI=1S/C26H23ClN2O3/c1-31-25-16-21(9-12-24(25)32-18-20-7-10-23(27)11-8-20)15-22(17-28)26(30)29-14-13-19-5-3-2-4-6-19/h2-12,15-16H,13-14,18H2,1H3,(H,29,30)/b22-15-. The van der Waals surface area contributed by atoms with Gasteiger partial charge in [-0.1, -0.05) is 60.1 Å². The van der Waals surface area contributed by atoms with Gasteiger partial charge in [0.1, 0.15) is 18.2 Å². The van der Waals surface area contributed by atoms with E-state index in [-0.39, 0.29) is 5.57 Å². The number of carbonyl (C=O) groups excluding carboxylic acids is 1. The number of ether oxygens (including phenoxy) is 2. The molecule has 162 valence electrons. The molecule has 0 aromatic heterocycles. The van der Waals surface area contributed by atoms with Crippen molar-refractivity contribution in [1.82, 2.24) is 5.32 Å². The molecule has 0 unspecified atom stereocenters. The van der Waals surface area contributed by atoms with Crippen LogP contribution < -0.4 is 14.8 Å². The van der Waals surface area contributed by atoms with Gasteiger partial charge < -0.3 is 14.8 Å². The minimum Gasteiger partial charge on any atom is -0.493 e. The van der Waals surface area contributed by atoms with Gasteiger partial charge in [-0.25, -0.2) is 0 Å². The fourth-order valence-electron chi connectivity index (χ4n) is 3.01.